The molecule has 1 rings (SSSR count). The number of aryl methyl sites for hydroxylation is 1. The SMILES string of the molecule is Cc1ccc(C(=O)NCC(=O)NCCC(C)C)s1. The maximum absolute atomic E-state index is 11.7. The van der Waals surface area contributed by atoms with Crippen LogP contribution in [0.2, 0.25) is 0 Å². The fourth-order valence-electron chi connectivity index (χ4n) is 1.37. The first-order valence-electron chi connectivity index (χ1n) is 6.10. The molecule has 0 bridgehead atoms. The molecule has 0 fully saturated rings. The number of amides is 2. The summed E-state index contributed by atoms with van der Waals surface area (Å²) in [6.45, 7) is 6.85. The van der Waals surface area contributed by atoms with Gasteiger partial charge in [0.15, 0.2) is 0 Å². The van der Waals surface area contributed by atoms with Gasteiger partial charge >= 0.3 is 0 Å². The Morgan fingerprint density at radius 2 is 2.00 bits per heavy atom. The van der Waals surface area contributed by atoms with Gasteiger partial charge in [0.25, 0.3) is 5.91 Å². The zero-order valence-corrected chi connectivity index (χ0v) is 11.9. The number of thiophene rings is 1. The molecule has 2 N–H and O–H groups in total. The van der Waals surface area contributed by atoms with Crippen molar-refractivity contribution in [2.24, 2.45) is 5.92 Å². The molecule has 1 aromatic rings. The molecule has 0 saturated carbocycles. The molecule has 4 nitrogen and oxygen atoms in total. The van der Waals surface area contributed by atoms with Crippen molar-refractivity contribution in [3.05, 3.63) is 21.9 Å². The summed E-state index contributed by atoms with van der Waals surface area (Å²) in [6.07, 6.45) is 0.948. The summed E-state index contributed by atoms with van der Waals surface area (Å²) in [7, 11) is 0. The molecule has 18 heavy (non-hydrogen) atoms. The molecule has 0 aliphatic heterocycles. The summed E-state index contributed by atoms with van der Waals surface area (Å²) >= 11 is 1.43. The molecule has 1 aromatic heterocycles. The average Bonchev–Trinajstić information content (AvgIpc) is 2.72. The van der Waals surface area contributed by atoms with Crippen LogP contribution in [0.4, 0.5) is 0 Å². The van der Waals surface area contributed by atoms with E-state index in [2.05, 4.69) is 24.5 Å². The first-order valence-corrected chi connectivity index (χ1v) is 6.92. The van der Waals surface area contributed by atoms with Crippen LogP contribution in [0.1, 0.15) is 34.8 Å². The summed E-state index contributed by atoms with van der Waals surface area (Å²) in [5.41, 5.74) is 0. The quantitative estimate of drug-likeness (QED) is 0.828. The lowest BCUT2D eigenvalue weighted by atomic mass is 10.1. The molecule has 0 saturated heterocycles. The van der Waals surface area contributed by atoms with E-state index in [4.69, 9.17) is 0 Å². The number of carbonyl (C=O) groups excluding carboxylic acids is 2. The summed E-state index contributed by atoms with van der Waals surface area (Å²) in [5.74, 6) is 0.235. The Morgan fingerprint density at radius 1 is 1.28 bits per heavy atom. The highest BCUT2D eigenvalue weighted by Gasteiger charge is 2.09. The third-order valence-corrected chi connectivity index (χ3v) is 3.42. The number of carbonyl (C=O) groups is 2. The zero-order chi connectivity index (χ0) is 13.5. The fourth-order valence-corrected chi connectivity index (χ4v) is 2.15. The van der Waals surface area contributed by atoms with Crippen molar-refractivity contribution in [3.8, 4) is 0 Å². The van der Waals surface area contributed by atoms with Gasteiger partial charge < -0.3 is 10.6 Å². The second kappa shape index (κ2) is 7.16. The van der Waals surface area contributed by atoms with E-state index in [0.29, 0.717) is 17.3 Å². The highest BCUT2D eigenvalue weighted by Crippen LogP contribution is 2.14. The third-order valence-electron chi connectivity index (χ3n) is 2.42. The van der Waals surface area contributed by atoms with Crippen LogP contribution in [0.25, 0.3) is 0 Å². The van der Waals surface area contributed by atoms with Crippen molar-refractivity contribution in [1.29, 1.82) is 0 Å². The van der Waals surface area contributed by atoms with E-state index in [9.17, 15) is 9.59 Å². The van der Waals surface area contributed by atoms with Crippen LogP contribution in [0.5, 0.6) is 0 Å². The predicted molar refractivity (Wildman–Crippen MR) is 73.9 cm³/mol. The van der Waals surface area contributed by atoms with Crippen LogP contribution in [0.3, 0.4) is 0 Å². The highest BCUT2D eigenvalue weighted by atomic mass is 32.1. The second-order valence-corrected chi connectivity index (χ2v) is 5.91. The van der Waals surface area contributed by atoms with E-state index in [1.807, 2.05) is 13.0 Å². The van der Waals surface area contributed by atoms with Crippen LogP contribution in [-0.4, -0.2) is 24.9 Å². The lowest BCUT2D eigenvalue weighted by Crippen LogP contribution is -2.37. The van der Waals surface area contributed by atoms with Crippen LogP contribution >= 0.6 is 11.3 Å². The van der Waals surface area contributed by atoms with Gasteiger partial charge in [0, 0.05) is 11.4 Å². The molecule has 0 spiro atoms. The number of hydrogen-bond donors (Lipinski definition) is 2. The van der Waals surface area contributed by atoms with Gasteiger partial charge in [0.05, 0.1) is 11.4 Å². The standard InChI is InChI=1S/C13H20N2O2S/c1-9(2)6-7-14-12(16)8-15-13(17)11-5-4-10(3)18-11/h4-5,9H,6-8H2,1-3H3,(H,14,16)(H,15,17). The normalized spacial score (nSPS) is 10.4. The molecule has 100 valence electrons. The number of nitrogens with one attached hydrogen (secondary N) is 2. The van der Waals surface area contributed by atoms with Gasteiger partial charge in [-0.3, -0.25) is 9.59 Å². The molecule has 0 atom stereocenters. The van der Waals surface area contributed by atoms with Gasteiger partial charge in [-0.1, -0.05) is 13.8 Å². The van der Waals surface area contributed by atoms with E-state index in [1.54, 1.807) is 6.07 Å². The fraction of sp³-hybridized carbons (Fsp3) is 0.538. The summed E-state index contributed by atoms with van der Waals surface area (Å²) in [4.78, 5) is 24.8. The summed E-state index contributed by atoms with van der Waals surface area (Å²) < 4.78 is 0. The van der Waals surface area contributed by atoms with E-state index in [-0.39, 0.29) is 18.4 Å². The molecule has 0 radical (unpaired) electrons. The average molecular weight is 268 g/mol. The van der Waals surface area contributed by atoms with Gasteiger partial charge in [0.1, 0.15) is 0 Å². The van der Waals surface area contributed by atoms with Crippen molar-refractivity contribution >= 4 is 23.2 Å². The maximum atomic E-state index is 11.7. The molecule has 0 aliphatic carbocycles. The smallest absolute Gasteiger partial charge is 0.261 e. The van der Waals surface area contributed by atoms with E-state index >= 15 is 0 Å². The van der Waals surface area contributed by atoms with Crippen molar-refractivity contribution in [2.75, 3.05) is 13.1 Å². The predicted octanol–water partition coefficient (Wildman–Crippen LogP) is 1.95. The monoisotopic (exact) mass is 268 g/mol. The minimum absolute atomic E-state index is 0.0356. The first-order chi connectivity index (χ1) is 8.49. The van der Waals surface area contributed by atoms with Crippen LogP contribution in [0, 0.1) is 12.8 Å². The lowest BCUT2D eigenvalue weighted by Gasteiger charge is -2.07. The Balaban J connectivity index is 2.24. The van der Waals surface area contributed by atoms with Gasteiger partial charge in [0.2, 0.25) is 5.91 Å². The first kappa shape index (κ1) is 14.7. The second-order valence-electron chi connectivity index (χ2n) is 4.63. The molecule has 0 unspecified atom stereocenters. The Morgan fingerprint density at radius 3 is 2.56 bits per heavy atom. The van der Waals surface area contributed by atoms with Crippen molar-refractivity contribution < 1.29 is 9.59 Å². The summed E-state index contributed by atoms with van der Waals surface area (Å²) in [6, 6.07) is 3.66. The number of hydrogen-bond acceptors (Lipinski definition) is 3. The molecule has 2 amide bonds. The molecular weight excluding hydrogens is 248 g/mol. The molecule has 0 aromatic carbocycles. The molecule has 1 heterocycles. The minimum Gasteiger partial charge on any atom is -0.355 e. The van der Waals surface area contributed by atoms with Crippen LogP contribution < -0.4 is 10.6 Å². The van der Waals surface area contributed by atoms with Crippen LogP contribution in [-0.2, 0) is 4.79 Å². The highest BCUT2D eigenvalue weighted by molar-refractivity contribution is 7.13. The largest absolute Gasteiger partial charge is 0.355 e. The van der Waals surface area contributed by atoms with Crippen molar-refractivity contribution in [1.82, 2.24) is 10.6 Å². The molecule has 0 aliphatic rings. The Bertz CT molecular complexity index is 413. The van der Waals surface area contributed by atoms with Crippen molar-refractivity contribution in [3.63, 3.8) is 0 Å². The molecular formula is C13H20N2O2S. The van der Waals surface area contributed by atoms with Gasteiger partial charge in [-0.15, -0.1) is 11.3 Å². The topological polar surface area (TPSA) is 58.2 Å². The number of rotatable bonds is 6. The van der Waals surface area contributed by atoms with Crippen molar-refractivity contribution in [2.45, 2.75) is 27.2 Å². The molecule has 5 heteroatoms. The third kappa shape index (κ3) is 5.31. The van der Waals surface area contributed by atoms with Gasteiger partial charge in [-0.25, -0.2) is 0 Å². The maximum Gasteiger partial charge on any atom is 0.261 e. The van der Waals surface area contributed by atoms with E-state index in [0.717, 1.165) is 11.3 Å². The van der Waals surface area contributed by atoms with E-state index < -0.39 is 0 Å². The van der Waals surface area contributed by atoms with Crippen LogP contribution in [0.15, 0.2) is 12.1 Å². The Kier molecular flexibility index (Phi) is 5.85. The lowest BCUT2D eigenvalue weighted by molar-refractivity contribution is -0.120. The minimum atomic E-state index is -0.188. The van der Waals surface area contributed by atoms with Gasteiger partial charge in [-0.05, 0) is 31.4 Å². The van der Waals surface area contributed by atoms with Gasteiger partial charge in [-0.2, -0.15) is 0 Å². The Hall–Kier alpha value is -1.36. The van der Waals surface area contributed by atoms with E-state index in [1.165, 1.54) is 11.3 Å². The zero-order valence-electron chi connectivity index (χ0n) is 11.1. The summed E-state index contributed by atoms with van der Waals surface area (Å²) in [5, 5.41) is 5.39. The Labute approximate surface area is 112 Å².